The summed E-state index contributed by atoms with van der Waals surface area (Å²) in [5.74, 6) is 0.400. The highest BCUT2D eigenvalue weighted by molar-refractivity contribution is 7.07. The van der Waals surface area contributed by atoms with E-state index >= 15 is 0 Å². The molecule has 0 spiro atoms. The van der Waals surface area contributed by atoms with Gasteiger partial charge in [-0.1, -0.05) is 108 Å². The molecule has 8 aromatic carbocycles. The number of benzene rings is 8. The molecular weight excluding hydrogens is 1590 g/mol. The van der Waals surface area contributed by atoms with Crippen molar-refractivity contribution < 1.29 is 45.9 Å². The first-order chi connectivity index (χ1) is 59.8. The van der Waals surface area contributed by atoms with E-state index in [0.717, 1.165) is 62.5 Å². The lowest BCUT2D eigenvalue weighted by molar-refractivity contribution is 0.0980. The summed E-state index contributed by atoms with van der Waals surface area (Å²) in [6.45, 7) is 5.73. The number of ketones is 5. The Labute approximate surface area is 719 Å². The second-order valence-electron chi connectivity index (χ2n) is 28.5. The van der Waals surface area contributed by atoms with Gasteiger partial charge in [-0.25, -0.2) is 56.8 Å². The molecule has 0 amide bonds. The molecule has 0 aliphatic carbocycles. The number of terminal acetylenes is 1. The van der Waals surface area contributed by atoms with Crippen LogP contribution in [0.15, 0.2) is 298 Å². The van der Waals surface area contributed by atoms with Crippen molar-refractivity contribution in [1.82, 2.24) is 49.8 Å². The number of carbonyl (C=O) groups is 5. The number of carbonyl (C=O) groups excluding carboxylic acids is 5. The molecule has 7 aromatic heterocycles. The first-order valence-electron chi connectivity index (χ1n) is 38.7. The number of hydrogen-bond acceptors (Lipinski definition) is 21. The van der Waals surface area contributed by atoms with Crippen LogP contribution in [0.1, 0.15) is 102 Å². The van der Waals surface area contributed by atoms with Gasteiger partial charge in [-0.05, 0) is 152 Å². The van der Waals surface area contributed by atoms with E-state index in [-0.39, 0.29) is 77.9 Å². The summed E-state index contributed by atoms with van der Waals surface area (Å²) in [6, 6.07) is 59.4. The van der Waals surface area contributed by atoms with Crippen molar-refractivity contribution in [3.05, 3.63) is 405 Å². The molecule has 0 saturated heterocycles. The normalized spacial score (nSPS) is 10.5. The minimum Gasteiger partial charge on any atom is -0.343 e. The minimum absolute atomic E-state index is 0.00525. The summed E-state index contributed by atoms with van der Waals surface area (Å²) in [4.78, 5) is 111. The molecule has 26 heteroatoms. The van der Waals surface area contributed by atoms with Crippen LogP contribution in [0.5, 0.6) is 0 Å². The Morgan fingerprint density at radius 3 is 1.19 bits per heavy atom. The zero-order chi connectivity index (χ0) is 88.2. The Hall–Kier alpha value is -15.4. The zero-order valence-corrected chi connectivity index (χ0v) is 69.8. The van der Waals surface area contributed by atoms with Crippen LogP contribution in [-0.4, -0.2) is 114 Å². The molecule has 7 heterocycles. The maximum absolute atomic E-state index is 14.2. The number of Topliss-reactive ketones (excluding diaryl/α,β-unsaturated/α-hetero) is 5. The van der Waals surface area contributed by atoms with E-state index in [1.54, 1.807) is 163 Å². The lowest BCUT2D eigenvalue weighted by atomic mass is 10.0. The van der Waals surface area contributed by atoms with Gasteiger partial charge in [0.05, 0.1) is 107 Å². The van der Waals surface area contributed by atoms with Crippen LogP contribution in [0, 0.1) is 62.2 Å². The average Bonchev–Trinajstić information content (AvgIpc) is 0.955. The number of pyridine rings is 3. The predicted molar refractivity (Wildman–Crippen MR) is 475 cm³/mol. The van der Waals surface area contributed by atoms with E-state index in [1.807, 2.05) is 154 Å². The Morgan fingerprint density at radius 2 is 0.742 bits per heavy atom. The number of anilines is 10. The third-order valence-electron chi connectivity index (χ3n) is 19.4. The number of nitrogens with zero attached hydrogens (tertiary/aromatic N) is 15. The van der Waals surface area contributed by atoms with E-state index in [9.17, 15) is 45.9 Å². The van der Waals surface area contributed by atoms with Crippen molar-refractivity contribution in [3.63, 3.8) is 0 Å². The molecule has 0 N–H and O–H groups in total. The Morgan fingerprint density at radius 1 is 0.347 bits per heavy atom. The van der Waals surface area contributed by atoms with Gasteiger partial charge in [0.2, 0.25) is 0 Å². The first kappa shape index (κ1) is 89.4. The SMILES string of the molecule is C#Cc1cccc(C(=O)Cc2cccc(N(C)c3cncc(F)c3)c2)c1.CN(c1cncnc1)c1cc(CC(=O)c2cscn2)ccc1F.Cc1cccc(C(=O)Cc2cc(N(C)c3cncnc3)ccc2F)c1.Cc1cccc(C(=O)Cc2ccc(F)c(N(C)c3cncnc3)c2)n1.Cc1cccc(C(=O)Cc2cccc(N(C)c3cncc(F)c3)c2)c1. The molecule has 15 rings (SSSR count). The fourth-order valence-corrected chi connectivity index (χ4v) is 13.2. The van der Waals surface area contributed by atoms with Gasteiger partial charge < -0.3 is 24.5 Å². The van der Waals surface area contributed by atoms with E-state index in [0.29, 0.717) is 85.3 Å². The van der Waals surface area contributed by atoms with E-state index in [1.165, 1.54) is 66.8 Å². The number of hydrogen-bond donors (Lipinski definition) is 0. The molecule has 0 aliphatic heterocycles. The van der Waals surface area contributed by atoms with E-state index < -0.39 is 5.82 Å². The average molecular weight is 1680 g/mol. The quantitative estimate of drug-likeness (QED) is 0.0294. The summed E-state index contributed by atoms with van der Waals surface area (Å²) < 4.78 is 69.4. The van der Waals surface area contributed by atoms with E-state index in [2.05, 4.69) is 55.8 Å². The topological polar surface area (TPSA) is 230 Å². The lowest BCUT2D eigenvalue weighted by Gasteiger charge is -2.20. The highest BCUT2D eigenvalue weighted by Gasteiger charge is 2.20. The third-order valence-corrected chi connectivity index (χ3v) is 20.0. The van der Waals surface area contributed by atoms with Crippen LogP contribution in [0.4, 0.5) is 78.8 Å². The van der Waals surface area contributed by atoms with Gasteiger partial charge in [0, 0.05) is 130 Å². The van der Waals surface area contributed by atoms with E-state index in [4.69, 9.17) is 6.42 Å². The summed E-state index contributed by atoms with van der Waals surface area (Å²) in [7, 11) is 8.97. The standard InChI is InChI=1S/C22H17FN2O.C21H19FN2O.C20H18FN3O.C19H17FN4O.C16H13FN4OS/c1-3-16-6-4-8-18(10-16)22(26)12-17-7-5-9-20(11-17)25(2)21-13-19(23)14-24-15-21;1-15-5-3-7-17(9-15)21(25)11-16-6-4-8-19(10-16)24(2)20-12-18(22)13-23-14-20;1-14-4-3-5-15(8-14)20(25)10-16-9-17(6-7-19(16)21)24(2)18-11-22-13-23-12-18;1-13-4-3-5-17(23-13)19(25)9-14-6-7-16(20)18(8-14)24(2)15-10-21-12-22-11-15;1-21(12-6-18-9-19-7-12)15-4-11(2-3-13(15)17)5-16(22)14-8-23-10-20-14/h1,4-11,13-15H,12H2,2H3;3-10,12-14H,11H2,1-2H3;3-9,11-13H,10H2,1-2H3;3-8,10-12H,9H2,1-2H3;2-4,6-10H,5H2,1H3. The molecule has 0 radical (unpaired) electrons. The largest absolute Gasteiger partial charge is 0.343 e. The van der Waals surface area contributed by atoms with Crippen molar-refractivity contribution in [3.8, 4) is 12.3 Å². The monoisotopic (exact) mass is 1680 g/mol. The Balaban J connectivity index is 0.000000151. The predicted octanol–water partition coefficient (Wildman–Crippen LogP) is 20.0. The maximum atomic E-state index is 14.2. The van der Waals surface area contributed by atoms with Crippen molar-refractivity contribution in [2.75, 3.05) is 59.7 Å². The Kier molecular flexibility index (Phi) is 31.4. The highest BCUT2D eigenvalue weighted by atomic mass is 32.1. The summed E-state index contributed by atoms with van der Waals surface area (Å²) in [6.07, 6.45) is 25.9. The number of aryl methyl sites for hydroxylation is 3. The highest BCUT2D eigenvalue weighted by Crippen LogP contribution is 2.32. The fourth-order valence-electron chi connectivity index (χ4n) is 12.7. The van der Waals surface area contributed by atoms with Crippen LogP contribution >= 0.6 is 11.3 Å². The second-order valence-corrected chi connectivity index (χ2v) is 29.2. The van der Waals surface area contributed by atoms with Crippen molar-refractivity contribution in [2.24, 2.45) is 0 Å². The molecule has 124 heavy (non-hydrogen) atoms. The van der Waals surface area contributed by atoms with Crippen molar-refractivity contribution in [2.45, 2.75) is 52.9 Å². The molecule has 20 nitrogen and oxygen atoms in total. The van der Waals surface area contributed by atoms with Crippen LogP contribution in [0.25, 0.3) is 0 Å². The molecule has 15 aromatic rings. The van der Waals surface area contributed by atoms with Gasteiger partial charge in [-0.3, -0.25) is 38.9 Å². The van der Waals surface area contributed by atoms with Gasteiger partial charge in [0.1, 0.15) is 59.5 Å². The lowest BCUT2D eigenvalue weighted by Crippen LogP contribution is -2.13. The van der Waals surface area contributed by atoms with Gasteiger partial charge >= 0.3 is 0 Å². The summed E-state index contributed by atoms with van der Waals surface area (Å²) >= 11 is 1.37. The number of halogens is 5. The smallest absolute Gasteiger partial charge is 0.186 e. The van der Waals surface area contributed by atoms with Crippen LogP contribution in [0.2, 0.25) is 0 Å². The minimum atomic E-state index is -0.394. The molecule has 0 aliphatic rings. The van der Waals surface area contributed by atoms with Gasteiger partial charge in [0.15, 0.2) is 28.9 Å². The fraction of sp³-hybridized carbons (Fsp3) is 0.133. The maximum Gasteiger partial charge on any atom is 0.186 e. The van der Waals surface area contributed by atoms with Crippen LogP contribution < -0.4 is 24.5 Å². The first-order valence-corrected chi connectivity index (χ1v) is 39.6. The van der Waals surface area contributed by atoms with Gasteiger partial charge in [0.25, 0.3) is 0 Å². The molecule has 0 bridgehead atoms. The number of rotatable bonds is 25. The molecule has 0 unspecified atom stereocenters. The summed E-state index contributed by atoms with van der Waals surface area (Å²) in [5.41, 5.74) is 18.1. The zero-order valence-electron chi connectivity index (χ0n) is 69.0. The van der Waals surface area contributed by atoms with Crippen LogP contribution in [0.3, 0.4) is 0 Å². The van der Waals surface area contributed by atoms with Gasteiger partial charge in [-0.2, -0.15) is 0 Å². The van der Waals surface area contributed by atoms with Crippen LogP contribution in [-0.2, 0) is 32.1 Å². The molecule has 0 saturated carbocycles. The van der Waals surface area contributed by atoms with Crippen molar-refractivity contribution >= 4 is 97.1 Å². The number of thiazole rings is 1. The molecular formula is C98H84F5N15O5S. The third kappa shape index (κ3) is 25.4. The molecule has 622 valence electrons. The Bertz CT molecular complexity index is 6250. The molecule has 0 atom stereocenters. The number of aromatic nitrogens is 10. The van der Waals surface area contributed by atoms with Crippen molar-refractivity contribution in [1.29, 1.82) is 0 Å². The summed E-state index contributed by atoms with van der Waals surface area (Å²) in [5, 5.41) is 1.71. The molecule has 0 fully saturated rings. The second kappa shape index (κ2) is 43.6. The van der Waals surface area contributed by atoms with Gasteiger partial charge in [-0.15, -0.1) is 17.8 Å².